The Labute approximate surface area is 155 Å². The lowest BCUT2D eigenvalue weighted by molar-refractivity contribution is -0.384. The first kappa shape index (κ1) is 18.1. The Morgan fingerprint density at radius 3 is 2.70 bits per heavy atom. The number of benzene rings is 2. The number of fused-ring (bicyclic) bond motifs is 1. The van der Waals surface area contributed by atoms with Crippen LogP contribution in [0.3, 0.4) is 0 Å². The van der Waals surface area contributed by atoms with Crippen molar-refractivity contribution in [2.75, 3.05) is 6.61 Å². The predicted octanol–water partition coefficient (Wildman–Crippen LogP) is 3.68. The van der Waals surface area contributed by atoms with Crippen LogP contribution in [0, 0.1) is 10.1 Å². The van der Waals surface area contributed by atoms with Crippen LogP contribution < -0.4 is 5.43 Å². The second-order valence-electron chi connectivity index (χ2n) is 5.74. The molecule has 0 spiro atoms. The quantitative estimate of drug-likeness (QED) is 0.409. The van der Waals surface area contributed by atoms with Gasteiger partial charge in [-0.1, -0.05) is 30.3 Å². The van der Waals surface area contributed by atoms with E-state index in [4.69, 9.17) is 4.74 Å². The molecule has 0 aliphatic carbocycles. The SMILES string of the molecule is CCOC(=O)NN=Cc1cn(Cc2ccc([N+](=O)[O-])cc2)c2ccccc12. The van der Waals surface area contributed by atoms with Crippen LogP contribution in [0.15, 0.2) is 59.8 Å². The van der Waals surface area contributed by atoms with Gasteiger partial charge in [-0.25, -0.2) is 10.2 Å². The van der Waals surface area contributed by atoms with Gasteiger partial charge in [0.25, 0.3) is 5.69 Å². The van der Waals surface area contributed by atoms with Gasteiger partial charge in [-0.3, -0.25) is 10.1 Å². The smallest absolute Gasteiger partial charge is 0.427 e. The van der Waals surface area contributed by atoms with Crippen molar-refractivity contribution in [1.29, 1.82) is 0 Å². The van der Waals surface area contributed by atoms with Gasteiger partial charge in [-0.15, -0.1) is 0 Å². The summed E-state index contributed by atoms with van der Waals surface area (Å²) >= 11 is 0. The maximum Gasteiger partial charge on any atom is 0.427 e. The van der Waals surface area contributed by atoms with Gasteiger partial charge in [-0.05, 0) is 18.6 Å². The highest BCUT2D eigenvalue weighted by molar-refractivity contribution is 5.99. The van der Waals surface area contributed by atoms with Gasteiger partial charge >= 0.3 is 6.09 Å². The van der Waals surface area contributed by atoms with Crippen LogP contribution in [0.4, 0.5) is 10.5 Å². The first-order chi connectivity index (χ1) is 13.1. The molecule has 0 saturated heterocycles. The molecule has 0 radical (unpaired) electrons. The van der Waals surface area contributed by atoms with Crippen molar-refractivity contribution < 1.29 is 14.5 Å². The highest BCUT2D eigenvalue weighted by Crippen LogP contribution is 2.22. The minimum absolute atomic E-state index is 0.0639. The fourth-order valence-corrected chi connectivity index (χ4v) is 2.75. The number of aromatic nitrogens is 1. The number of ether oxygens (including phenoxy) is 1. The molecule has 2 aromatic carbocycles. The van der Waals surface area contributed by atoms with E-state index in [1.165, 1.54) is 12.1 Å². The average Bonchev–Trinajstić information content (AvgIpc) is 3.00. The van der Waals surface area contributed by atoms with Crippen LogP contribution in [0.1, 0.15) is 18.1 Å². The molecule has 3 rings (SSSR count). The first-order valence-electron chi connectivity index (χ1n) is 8.35. The lowest BCUT2D eigenvalue weighted by atomic mass is 10.2. The van der Waals surface area contributed by atoms with Crippen molar-refractivity contribution in [3.05, 3.63) is 76.0 Å². The molecular weight excluding hydrogens is 348 g/mol. The molecule has 138 valence electrons. The molecule has 8 heteroatoms. The number of nitrogens with one attached hydrogen (secondary N) is 1. The molecule has 0 unspecified atom stereocenters. The molecule has 1 N–H and O–H groups in total. The summed E-state index contributed by atoms with van der Waals surface area (Å²) in [5.41, 5.74) is 5.14. The number of nitrogens with zero attached hydrogens (tertiary/aromatic N) is 3. The van der Waals surface area contributed by atoms with Gasteiger partial charge < -0.3 is 9.30 Å². The van der Waals surface area contributed by atoms with Crippen molar-refractivity contribution in [3.8, 4) is 0 Å². The third-order valence-corrected chi connectivity index (χ3v) is 3.95. The third kappa shape index (κ3) is 4.30. The summed E-state index contributed by atoms with van der Waals surface area (Å²) in [6.07, 6.45) is 2.87. The Balaban J connectivity index is 1.84. The number of non-ortho nitro benzene ring substituents is 1. The van der Waals surface area contributed by atoms with Gasteiger partial charge in [0.2, 0.25) is 0 Å². The number of hydrogen-bond donors (Lipinski definition) is 1. The second kappa shape index (κ2) is 8.13. The summed E-state index contributed by atoms with van der Waals surface area (Å²) < 4.78 is 6.79. The normalized spacial score (nSPS) is 11.0. The molecule has 0 atom stereocenters. The van der Waals surface area contributed by atoms with E-state index in [0.717, 1.165) is 22.0 Å². The Kier molecular flexibility index (Phi) is 5.46. The fourth-order valence-electron chi connectivity index (χ4n) is 2.75. The van der Waals surface area contributed by atoms with E-state index >= 15 is 0 Å². The van der Waals surface area contributed by atoms with Crippen LogP contribution in [0.2, 0.25) is 0 Å². The minimum Gasteiger partial charge on any atom is -0.449 e. The maximum absolute atomic E-state index is 11.3. The summed E-state index contributed by atoms with van der Waals surface area (Å²) in [5, 5.41) is 15.7. The molecule has 0 saturated carbocycles. The van der Waals surface area contributed by atoms with Gasteiger partial charge in [0.15, 0.2) is 0 Å². The molecule has 0 bridgehead atoms. The monoisotopic (exact) mass is 366 g/mol. The van der Waals surface area contributed by atoms with Crippen LogP contribution >= 0.6 is 0 Å². The molecule has 1 aromatic heterocycles. The molecule has 3 aromatic rings. The highest BCUT2D eigenvalue weighted by atomic mass is 16.6. The Bertz CT molecular complexity index is 993. The Morgan fingerprint density at radius 1 is 1.26 bits per heavy atom. The van der Waals surface area contributed by atoms with Gasteiger partial charge in [0.05, 0.1) is 17.7 Å². The average molecular weight is 366 g/mol. The molecule has 1 amide bonds. The molecule has 0 fully saturated rings. The fraction of sp³-hybridized carbons (Fsp3) is 0.158. The molecule has 0 aliphatic rings. The lowest BCUT2D eigenvalue weighted by Crippen LogP contribution is -2.18. The molecule has 1 heterocycles. The topological polar surface area (TPSA) is 98.8 Å². The zero-order valence-electron chi connectivity index (χ0n) is 14.7. The summed E-state index contributed by atoms with van der Waals surface area (Å²) in [6, 6.07) is 14.3. The number of nitro groups is 1. The Morgan fingerprint density at radius 2 is 2.00 bits per heavy atom. The van der Waals surface area contributed by atoms with Crippen LogP contribution in [-0.2, 0) is 11.3 Å². The van der Waals surface area contributed by atoms with Crippen LogP contribution in [0.25, 0.3) is 10.9 Å². The van der Waals surface area contributed by atoms with Crippen molar-refractivity contribution >= 4 is 28.9 Å². The van der Waals surface area contributed by atoms with E-state index in [-0.39, 0.29) is 12.3 Å². The zero-order valence-corrected chi connectivity index (χ0v) is 14.7. The van der Waals surface area contributed by atoms with Crippen molar-refractivity contribution in [3.63, 3.8) is 0 Å². The molecule has 27 heavy (non-hydrogen) atoms. The largest absolute Gasteiger partial charge is 0.449 e. The molecule has 8 nitrogen and oxygen atoms in total. The summed E-state index contributed by atoms with van der Waals surface area (Å²) in [6.45, 7) is 2.54. The molecular formula is C19H18N4O4. The maximum atomic E-state index is 11.3. The highest BCUT2D eigenvalue weighted by Gasteiger charge is 2.09. The number of rotatable bonds is 6. The second-order valence-corrected chi connectivity index (χ2v) is 5.74. The van der Waals surface area contributed by atoms with Crippen molar-refractivity contribution in [1.82, 2.24) is 9.99 Å². The van der Waals surface area contributed by atoms with E-state index in [0.29, 0.717) is 6.54 Å². The number of para-hydroxylation sites is 1. The van der Waals surface area contributed by atoms with Crippen molar-refractivity contribution in [2.45, 2.75) is 13.5 Å². The summed E-state index contributed by atoms with van der Waals surface area (Å²) in [7, 11) is 0. The minimum atomic E-state index is -0.608. The number of hydrazone groups is 1. The van der Waals surface area contributed by atoms with Gasteiger partial charge in [-0.2, -0.15) is 5.10 Å². The van der Waals surface area contributed by atoms with Crippen LogP contribution in [-0.4, -0.2) is 28.4 Å². The van der Waals surface area contributed by atoms with Gasteiger partial charge in [0.1, 0.15) is 0 Å². The molecule has 0 aliphatic heterocycles. The van der Waals surface area contributed by atoms with E-state index in [1.807, 2.05) is 35.0 Å². The van der Waals surface area contributed by atoms with Crippen LogP contribution in [0.5, 0.6) is 0 Å². The number of amides is 1. The number of nitro benzene ring substituents is 1. The zero-order chi connectivity index (χ0) is 19.2. The van der Waals surface area contributed by atoms with E-state index in [2.05, 4.69) is 10.5 Å². The number of carbonyl (C=O) groups is 1. The number of hydrogen-bond acceptors (Lipinski definition) is 5. The lowest BCUT2D eigenvalue weighted by Gasteiger charge is -2.05. The van der Waals surface area contributed by atoms with E-state index < -0.39 is 11.0 Å². The predicted molar refractivity (Wildman–Crippen MR) is 102 cm³/mol. The summed E-state index contributed by atoms with van der Waals surface area (Å²) in [4.78, 5) is 21.7. The van der Waals surface area contributed by atoms with E-state index in [9.17, 15) is 14.9 Å². The third-order valence-electron chi connectivity index (χ3n) is 3.95. The van der Waals surface area contributed by atoms with E-state index in [1.54, 1.807) is 25.3 Å². The Hall–Kier alpha value is -3.68. The number of carbonyl (C=O) groups excluding carboxylic acids is 1. The summed E-state index contributed by atoms with van der Waals surface area (Å²) in [5.74, 6) is 0. The van der Waals surface area contributed by atoms with Crippen molar-refractivity contribution in [2.24, 2.45) is 5.10 Å². The van der Waals surface area contributed by atoms with Gasteiger partial charge in [0, 0.05) is 41.3 Å². The standard InChI is InChI=1S/C19H18N4O4/c1-2-27-19(24)21-20-11-15-13-22(18-6-4-3-5-17(15)18)12-14-7-9-16(10-8-14)23(25)26/h3-11,13H,2,12H2,1H3,(H,21,24). The first-order valence-corrected chi connectivity index (χ1v) is 8.35.